The van der Waals surface area contributed by atoms with Gasteiger partial charge in [-0.2, -0.15) is 0 Å². The van der Waals surface area contributed by atoms with Crippen LogP contribution < -0.4 is 0 Å². The summed E-state index contributed by atoms with van der Waals surface area (Å²) in [6.45, 7) is 3.65. The van der Waals surface area contributed by atoms with Crippen LogP contribution in [0.4, 0.5) is 8.78 Å². The number of rotatable bonds is 5. The summed E-state index contributed by atoms with van der Waals surface area (Å²) in [6, 6.07) is 2.82. The van der Waals surface area contributed by atoms with Crippen molar-refractivity contribution in [3.05, 3.63) is 35.4 Å². The molecule has 0 N–H and O–H groups in total. The average Bonchev–Trinajstić information content (AvgIpc) is 2.36. The van der Waals surface area contributed by atoms with Gasteiger partial charge in [0.2, 0.25) is 10.0 Å². The quantitative estimate of drug-likeness (QED) is 0.832. The molecule has 0 atom stereocenters. The summed E-state index contributed by atoms with van der Waals surface area (Å²) < 4.78 is 57.7. The van der Waals surface area contributed by atoms with Gasteiger partial charge in [0, 0.05) is 32.9 Å². The smallest absolute Gasteiger partial charge is 0.218 e. The van der Waals surface area contributed by atoms with Crippen LogP contribution in [0.2, 0.25) is 0 Å². The largest absolute Gasteiger partial charge is 0.381 e. The minimum atomic E-state index is -3.63. The molecule has 0 unspecified atom stereocenters. The molecular formula is C15H21F2NO3S. The maximum atomic E-state index is 13.2. The first-order valence-corrected chi connectivity index (χ1v) is 8.78. The van der Waals surface area contributed by atoms with Crippen molar-refractivity contribution in [3.8, 4) is 0 Å². The molecule has 4 nitrogen and oxygen atoms in total. The van der Waals surface area contributed by atoms with Crippen LogP contribution in [0.3, 0.4) is 0 Å². The molecule has 1 aromatic rings. The molecule has 0 saturated carbocycles. The third kappa shape index (κ3) is 4.47. The Kier molecular flexibility index (Phi) is 5.19. The van der Waals surface area contributed by atoms with Crippen LogP contribution >= 0.6 is 0 Å². The molecule has 2 rings (SSSR count). The van der Waals surface area contributed by atoms with Gasteiger partial charge >= 0.3 is 0 Å². The van der Waals surface area contributed by atoms with Crippen molar-refractivity contribution in [1.82, 2.24) is 4.31 Å². The summed E-state index contributed by atoms with van der Waals surface area (Å²) >= 11 is 0. The van der Waals surface area contributed by atoms with Crippen LogP contribution in [0.5, 0.6) is 0 Å². The first-order chi connectivity index (χ1) is 10.2. The highest BCUT2D eigenvalue weighted by atomic mass is 32.2. The SMILES string of the molecule is CN(CC1(C)CCOCC1)S(=O)(=O)Cc1cc(F)cc(F)c1. The lowest BCUT2D eigenvalue weighted by Gasteiger charge is -2.36. The van der Waals surface area contributed by atoms with E-state index in [-0.39, 0.29) is 11.0 Å². The van der Waals surface area contributed by atoms with Crippen LogP contribution in [-0.2, 0) is 20.5 Å². The van der Waals surface area contributed by atoms with Gasteiger partial charge < -0.3 is 4.74 Å². The fraction of sp³-hybridized carbons (Fsp3) is 0.600. The van der Waals surface area contributed by atoms with E-state index in [1.807, 2.05) is 6.92 Å². The van der Waals surface area contributed by atoms with Crippen molar-refractivity contribution in [2.75, 3.05) is 26.8 Å². The normalized spacial score (nSPS) is 18.6. The van der Waals surface area contributed by atoms with E-state index in [1.165, 1.54) is 11.4 Å². The van der Waals surface area contributed by atoms with Gasteiger partial charge in [-0.05, 0) is 36.0 Å². The Bertz CT molecular complexity index is 607. The van der Waals surface area contributed by atoms with E-state index in [4.69, 9.17) is 4.74 Å². The lowest BCUT2D eigenvalue weighted by Crippen LogP contribution is -2.41. The maximum absolute atomic E-state index is 13.2. The molecule has 1 heterocycles. The fourth-order valence-electron chi connectivity index (χ4n) is 2.67. The predicted octanol–water partition coefficient (Wildman–Crippen LogP) is 2.54. The minimum Gasteiger partial charge on any atom is -0.381 e. The zero-order chi connectivity index (χ0) is 16.4. The molecule has 0 spiro atoms. The van der Waals surface area contributed by atoms with E-state index < -0.39 is 27.4 Å². The van der Waals surface area contributed by atoms with Gasteiger partial charge in [0.15, 0.2) is 0 Å². The number of benzene rings is 1. The van der Waals surface area contributed by atoms with Gasteiger partial charge in [0.1, 0.15) is 11.6 Å². The van der Waals surface area contributed by atoms with Gasteiger partial charge in [-0.3, -0.25) is 0 Å². The van der Waals surface area contributed by atoms with Gasteiger partial charge in [0.25, 0.3) is 0 Å². The third-order valence-corrected chi connectivity index (χ3v) is 5.83. The summed E-state index contributed by atoms with van der Waals surface area (Å²) in [5.41, 5.74) is -0.0192. The topological polar surface area (TPSA) is 46.6 Å². The van der Waals surface area contributed by atoms with Crippen LogP contribution in [-0.4, -0.2) is 39.5 Å². The second-order valence-electron chi connectivity index (χ2n) is 6.21. The second-order valence-corrected chi connectivity index (χ2v) is 8.29. The van der Waals surface area contributed by atoms with Crippen molar-refractivity contribution < 1.29 is 21.9 Å². The van der Waals surface area contributed by atoms with E-state index in [1.54, 1.807) is 0 Å². The molecular weight excluding hydrogens is 312 g/mol. The maximum Gasteiger partial charge on any atom is 0.218 e. The zero-order valence-corrected chi connectivity index (χ0v) is 13.6. The standard InChI is InChI=1S/C15H21F2NO3S/c1-15(3-5-21-6-4-15)11-18(2)22(19,20)10-12-7-13(16)9-14(17)8-12/h7-9H,3-6,10-11H2,1-2H3. The van der Waals surface area contributed by atoms with Crippen LogP contribution in [0.1, 0.15) is 25.3 Å². The summed E-state index contributed by atoms with van der Waals surface area (Å²) in [6.07, 6.45) is 1.59. The first-order valence-electron chi connectivity index (χ1n) is 7.17. The highest BCUT2D eigenvalue weighted by Gasteiger charge is 2.32. The third-order valence-electron chi connectivity index (χ3n) is 4.05. The number of sulfonamides is 1. The highest BCUT2D eigenvalue weighted by molar-refractivity contribution is 7.88. The summed E-state index contributed by atoms with van der Waals surface area (Å²) in [5, 5.41) is 0. The Morgan fingerprint density at radius 3 is 2.27 bits per heavy atom. The van der Waals surface area contributed by atoms with E-state index in [9.17, 15) is 17.2 Å². The highest BCUT2D eigenvalue weighted by Crippen LogP contribution is 2.31. The molecule has 0 radical (unpaired) electrons. The molecule has 1 aliphatic heterocycles. The van der Waals surface area contributed by atoms with Crippen molar-refractivity contribution in [2.24, 2.45) is 5.41 Å². The van der Waals surface area contributed by atoms with Crippen LogP contribution in [0.15, 0.2) is 18.2 Å². The molecule has 0 aliphatic carbocycles. The van der Waals surface area contributed by atoms with Gasteiger partial charge in [0.05, 0.1) is 5.75 Å². The number of ether oxygens (including phenoxy) is 1. The zero-order valence-electron chi connectivity index (χ0n) is 12.8. The first kappa shape index (κ1) is 17.3. The van der Waals surface area contributed by atoms with E-state index >= 15 is 0 Å². The van der Waals surface area contributed by atoms with E-state index in [0.29, 0.717) is 19.8 Å². The van der Waals surface area contributed by atoms with Crippen molar-refractivity contribution >= 4 is 10.0 Å². The molecule has 7 heteroatoms. The molecule has 1 aliphatic rings. The predicted molar refractivity (Wildman–Crippen MR) is 79.8 cm³/mol. The summed E-state index contributed by atoms with van der Waals surface area (Å²) in [5.74, 6) is -1.96. The minimum absolute atomic E-state index is 0.112. The Balaban J connectivity index is 2.08. The summed E-state index contributed by atoms with van der Waals surface area (Å²) in [4.78, 5) is 0. The average molecular weight is 333 g/mol. The van der Waals surface area contributed by atoms with Crippen molar-refractivity contribution in [3.63, 3.8) is 0 Å². The van der Waals surface area contributed by atoms with Crippen LogP contribution in [0, 0.1) is 17.0 Å². The number of halogens is 2. The molecule has 124 valence electrons. The molecule has 0 bridgehead atoms. The van der Waals surface area contributed by atoms with Crippen molar-refractivity contribution in [1.29, 1.82) is 0 Å². The van der Waals surface area contributed by atoms with Crippen LogP contribution in [0.25, 0.3) is 0 Å². The lowest BCUT2D eigenvalue weighted by atomic mass is 9.82. The molecule has 1 aromatic carbocycles. The molecule has 22 heavy (non-hydrogen) atoms. The van der Waals surface area contributed by atoms with Gasteiger partial charge in [-0.1, -0.05) is 6.92 Å². The molecule has 1 saturated heterocycles. The Labute approximate surface area is 130 Å². The molecule has 0 amide bonds. The summed E-state index contributed by atoms with van der Waals surface area (Å²) in [7, 11) is -2.12. The Morgan fingerprint density at radius 1 is 1.18 bits per heavy atom. The monoisotopic (exact) mass is 333 g/mol. The number of hydrogen-bond donors (Lipinski definition) is 0. The number of hydrogen-bond acceptors (Lipinski definition) is 3. The Morgan fingerprint density at radius 2 is 1.73 bits per heavy atom. The number of nitrogens with zero attached hydrogens (tertiary/aromatic N) is 1. The second kappa shape index (κ2) is 6.60. The lowest BCUT2D eigenvalue weighted by molar-refractivity contribution is 0.0174. The van der Waals surface area contributed by atoms with Gasteiger partial charge in [-0.25, -0.2) is 21.5 Å². The Hall–Kier alpha value is -1.05. The fourth-order valence-corrected chi connectivity index (χ4v) is 3.99. The van der Waals surface area contributed by atoms with E-state index in [0.717, 1.165) is 31.0 Å². The van der Waals surface area contributed by atoms with E-state index in [2.05, 4.69) is 0 Å². The molecule has 1 fully saturated rings. The van der Waals surface area contributed by atoms with Crippen molar-refractivity contribution in [2.45, 2.75) is 25.5 Å². The molecule has 0 aromatic heterocycles. The van der Waals surface area contributed by atoms with Gasteiger partial charge in [-0.15, -0.1) is 0 Å².